The average molecular weight is 396 g/mol. The van der Waals surface area contributed by atoms with Gasteiger partial charge < -0.3 is 4.74 Å². The fourth-order valence-electron chi connectivity index (χ4n) is 2.94. The average Bonchev–Trinajstić information content (AvgIpc) is 2.73. The third-order valence-electron chi connectivity index (χ3n) is 4.30. The lowest BCUT2D eigenvalue weighted by molar-refractivity contribution is -0.384. The summed E-state index contributed by atoms with van der Waals surface area (Å²) in [5.74, 6) is -0.268. The summed E-state index contributed by atoms with van der Waals surface area (Å²) in [5, 5.41) is 15.2. The van der Waals surface area contributed by atoms with Gasteiger partial charge in [0.15, 0.2) is 6.61 Å². The van der Waals surface area contributed by atoms with Gasteiger partial charge in [-0.2, -0.15) is 5.10 Å². The van der Waals surface area contributed by atoms with Gasteiger partial charge in [0.2, 0.25) is 0 Å². The van der Waals surface area contributed by atoms with Crippen LogP contribution < -0.4 is 15.1 Å². The van der Waals surface area contributed by atoms with Crippen molar-refractivity contribution >= 4 is 28.9 Å². The predicted molar refractivity (Wildman–Crippen MR) is 107 cm³/mol. The first-order valence-corrected chi connectivity index (χ1v) is 9.12. The quantitative estimate of drug-likeness (QED) is 0.439. The monoisotopic (exact) mass is 396 g/mol. The van der Waals surface area contributed by atoms with Gasteiger partial charge in [-0.25, -0.2) is 5.43 Å². The zero-order chi connectivity index (χ0) is 20.8. The van der Waals surface area contributed by atoms with Gasteiger partial charge in [-0.3, -0.25) is 24.6 Å². The molecule has 9 nitrogen and oxygen atoms in total. The normalized spacial score (nSPS) is 13.5. The lowest BCUT2D eigenvalue weighted by Crippen LogP contribution is -2.44. The molecule has 0 aromatic heterocycles. The zero-order valence-electron chi connectivity index (χ0n) is 15.8. The van der Waals surface area contributed by atoms with Crippen molar-refractivity contribution in [1.82, 2.24) is 5.43 Å². The highest BCUT2D eigenvalue weighted by atomic mass is 16.6. The van der Waals surface area contributed by atoms with Crippen LogP contribution in [0.3, 0.4) is 0 Å². The molecular formula is C20H20N4O5. The Morgan fingerprint density at radius 2 is 2.07 bits per heavy atom. The van der Waals surface area contributed by atoms with Crippen molar-refractivity contribution in [1.29, 1.82) is 0 Å². The number of ether oxygens (including phenoxy) is 1. The van der Waals surface area contributed by atoms with Crippen LogP contribution >= 0.6 is 0 Å². The largest absolute Gasteiger partial charge is 0.482 e. The standard InChI is InChI=1S/C20H20N4O5/c1-2-6-16(14-7-5-8-15(11-14)24(27)28)21-22-19(25)12-23-17-9-3-4-10-18(17)29-13-20(23)26/h3-5,7-11H,2,6,12-13H2,1H3,(H,22,25)/b21-16-. The highest BCUT2D eigenvalue weighted by Crippen LogP contribution is 2.31. The summed E-state index contributed by atoms with van der Waals surface area (Å²) in [6, 6.07) is 13.1. The molecule has 0 unspecified atom stereocenters. The van der Waals surface area contributed by atoms with Gasteiger partial charge in [0, 0.05) is 17.7 Å². The zero-order valence-corrected chi connectivity index (χ0v) is 15.8. The molecule has 0 saturated heterocycles. The van der Waals surface area contributed by atoms with Gasteiger partial charge >= 0.3 is 0 Å². The van der Waals surface area contributed by atoms with Crippen LogP contribution in [0, 0.1) is 10.1 Å². The molecule has 0 spiro atoms. The van der Waals surface area contributed by atoms with Crippen molar-refractivity contribution in [3.63, 3.8) is 0 Å². The number of benzene rings is 2. The summed E-state index contributed by atoms with van der Waals surface area (Å²) in [5.41, 5.74) is 4.02. The molecule has 0 saturated carbocycles. The molecule has 1 aliphatic heterocycles. The highest BCUT2D eigenvalue weighted by Gasteiger charge is 2.26. The summed E-state index contributed by atoms with van der Waals surface area (Å²) in [6.07, 6.45) is 1.27. The topological polar surface area (TPSA) is 114 Å². The number of hydrazone groups is 1. The third-order valence-corrected chi connectivity index (χ3v) is 4.30. The van der Waals surface area contributed by atoms with E-state index in [0.29, 0.717) is 29.1 Å². The smallest absolute Gasteiger partial charge is 0.270 e. The van der Waals surface area contributed by atoms with E-state index < -0.39 is 10.8 Å². The van der Waals surface area contributed by atoms with Crippen LogP contribution in [0.1, 0.15) is 25.3 Å². The van der Waals surface area contributed by atoms with Crippen LogP contribution in [0.4, 0.5) is 11.4 Å². The maximum absolute atomic E-state index is 12.4. The van der Waals surface area contributed by atoms with Crippen molar-refractivity contribution in [2.45, 2.75) is 19.8 Å². The molecule has 2 aromatic rings. The number of rotatable bonds is 7. The Bertz CT molecular complexity index is 973. The van der Waals surface area contributed by atoms with Crippen LogP contribution in [-0.4, -0.2) is 35.6 Å². The molecule has 1 heterocycles. The summed E-state index contributed by atoms with van der Waals surface area (Å²) >= 11 is 0. The number of hydrogen-bond acceptors (Lipinski definition) is 6. The molecule has 0 aliphatic carbocycles. The molecule has 2 amide bonds. The minimum Gasteiger partial charge on any atom is -0.482 e. The summed E-state index contributed by atoms with van der Waals surface area (Å²) in [6.45, 7) is 1.59. The molecule has 2 aromatic carbocycles. The highest BCUT2D eigenvalue weighted by molar-refractivity contribution is 6.03. The summed E-state index contributed by atoms with van der Waals surface area (Å²) in [4.78, 5) is 36.5. The number of non-ortho nitro benzene ring substituents is 1. The Morgan fingerprint density at radius 3 is 2.83 bits per heavy atom. The van der Waals surface area contributed by atoms with Gasteiger partial charge in [-0.05, 0) is 18.6 Å². The number of nitrogens with one attached hydrogen (secondary N) is 1. The lowest BCUT2D eigenvalue weighted by atomic mass is 10.1. The molecule has 0 bridgehead atoms. The lowest BCUT2D eigenvalue weighted by Gasteiger charge is -2.28. The van der Waals surface area contributed by atoms with Crippen LogP contribution in [0.2, 0.25) is 0 Å². The van der Waals surface area contributed by atoms with Gasteiger partial charge in [0.05, 0.1) is 16.3 Å². The van der Waals surface area contributed by atoms with Gasteiger partial charge in [-0.15, -0.1) is 0 Å². The first-order valence-electron chi connectivity index (χ1n) is 9.12. The number of carbonyl (C=O) groups excluding carboxylic acids is 2. The molecule has 0 atom stereocenters. The molecular weight excluding hydrogens is 376 g/mol. The second-order valence-corrected chi connectivity index (χ2v) is 6.39. The van der Waals surface area contributed by atoms with Crippen molar-refractivity contribution in [3.8, 4) is 5.75 Å². The van der Waals surface area contributed by atoms with E-state index >= 15 is 0 Å². The Labute approximate surface area is 167 Å². The number of anilines is 1. The molecule has 29 heavy (non-hydrogen) atoms. The first kappa shape index (κ1) is 20.0. The minimum absolute atomic E-state index is 0.0480. The van der Waals surface area contributed by atoms with Crippen molar-refractivity contribution in [3.05, 3.63) is 64.2 Å². The van der Waals surface area contributed by atoms with E-state index in [2.05, 4.69) is 10.5 Å². The van der Waals surface area contributed by atoms with E-state index in [-0.39, 0.29) is 24.7 Å². The number of amides is 2. The van der Waals surface area contributed by atoms with E-state index in [1.165, 1.54) is 17.0 Å². The molecule has 1 aliphatic rings. The molecule has 0 radical (unpaired) electrons. The molecule has 0 fully saturated rings. The Morgan fingerprint density at radius 1 is 1.28 bits per heavy atom. The molecule has 9 heteroatoms. The minimum atomic E-state index is -0.479. The maximum Gasteiger partial charge on any atom is 0.270 e. The fourth-order valence-corrected chi connectivity index (χ4v) is 2.94. The Kier molecular flexibility index (Phi) is 6.18. The number of carbonyl (C=O) groups is 2. The molecule has 1 N–H and O–H groups in total. The number of fused-ring (bicyclic) bond motifs is 1. The van der Waals surface area contributed by atoms with Crippen molar-refractivity contribution < 1.29 is 19.2 Å². The second-order valence-electron chi connectivity index (χ2n) is 6.39. The molecule has 150 valence electrons. The number of nitro groups is 1. The summed E-state index contributed by atoms with van der Waals surface area (Å²) < 4.78 is 5.36. The van der Waals surface area contributed by atoms with Gasteiger partial charge in [0.1, 0.15) is 12.3 Å². The SMILES string of the molecule is CCC/C(=N/NC(=O)CN1C(=O)COc2ccccc21)c1cccc([N+](=O)[O-])c1. The van der Waals surface area contributed by atoms with E-state index in [4.69, 9.17) is 4.74 Å². The van der Waals surface area contributed by atoms with Gasteiger partial charge in [-0.1, -0.05) is 37.6 Å². The summed E-state index contributed by atoms with van der Waals surface area (Å²) in [7, 11) is 0. The number of nitro benzene ring substituents is 1. The van der Waals surface area contributed by atoms with E-state index in [1.807, 2.05) is 6.92 Å². The van der Waals surface area contributed by atoms with Crippen LogP contribution in [0.5, 0.6) is 5.75 Å². The number of hydrogen-bond donors (Lipinski definition) is 1. The Hall–Kier alpha value is -3.75. The van der Waals surface area contributed by atoms with Crippen molar-refractivity contribution in [2.75, 3.05) is 18.1 Å². The number of nitrogens with zero attached hydrogens (tertiary/aromatic N) is 3. The third kappa shape index (κ3) is 4.75. The first-order chi connectivity index (χ1) is 14.0. The predicted octanol–water partition coefficient (Wildman–Crippen LogP) is 2.64. The van der Waals surface area contributed by atoms with E-state index in [1.54, 1.807) is 36.4 Å². The second kappa shape index (κ2) is 8.96. The van der Waals surface area contributed by atoms with E-state index in [9.17, 15) is 19.7 Å². The fraction of sp³-hybridized carbons (Fsp3) is 0.250. The van der Waals surface area contributed by atoms with Crippen LogP contribution in [-0.2, 0) is 9.59 Å². The van der Waals surface area contributed by atoms with Gasteiger partial charge in [0.25, 0.3) is 17.5 Å². The molecule has 3 rings (SSSR count). The van der Waals surface area contributed by atoms with Crippen LogP contribution in [0.25, 0.3) is 0 Å². The van der Waals surface area contributed by atoms with Crippen LogP contribution in [0.15, 0.2) is 53.6 Å². The van der Waals surface area contributed by atoms with Crippen molar-refractivity contribution in [2.24, 2.45) is 5.10 Å². The van der Waals surface area contributed by atoms with E-state index in [0.717, 1.165) is 6.42 Å². The number of para-hydroxylation sites is 2. The Balaban J connectivity index is 1.75. The maximum atomic E-state index is 12.4.